The zero-order valence-corrected chi connectivity index (χ0v) is 19.2. The molecule has 1 aliphatic heterocycles. The van der Waals surface area contributed by atoms with E-state index in [9.17, 15) is 9.59 Å². The SMILES string of the molecule is CCOc1cc(C=NN=C2NC(=O)C(CC(=O)O)S2)c(Cl)cc1OCc1ccccc1Cl. The van der Waals surface area contributed by atoms with Crippen molar-refractivity contribution in [2.24, 2.45) is 10.2 Å². The number of nitrogens with one attached hydrogen (secondary N) is 1. The first-order valence-electron chi connectivity index (χ1n) is 9.50. The van der Waals surface area contributed by atoms with Gasteiger partial charge in [0.15, 0.2) is 16.7 Å². The standard InChI is InChI=1S/C21H19Cl2N3O5S/c1-2-30-16-7-13(10-24-26-21-25-20(29)18(32-21)9-19(27)28)15(23)8-17(16)31-11-12-5-3-4-6-14(12)22/h3-8,10,18H,2,9,11H2,1H3,(H,27,28)(H,25,26,29). The Hall–Kier alpha value is -2.75. The van der Waals surface area contributed by atoms with E-state index in [0.29, 0.717) is 33.7 Å². The molecule has 8 nitrogen and oxygen atoms in total. The van der Waals surface area contributed by atoms with Crippen LogP contribution in [0.15, 0.2) is 46.6 Å². The highest BCUT2D eigenvalue weighted by molar-refractivity contribution is 8.15. The van der Waals surface area contributed by atoms with Crippen molar-refractivity contribution in [1.29, 1.82) is 0 Å². The predicted octanol–water partition coefficient (Wildman–Crippen LogP) is 4.37. The molecule has 1 heterocycles. The first-order valence-corrected chi connectivity index (χ1v) is 11.1. The van der Waals surface area contributed by atoms with Gasteiger partial charge in [0.1, 0.15) is 11.9 Å². The maximum Gasteiger partial charge on any atom is 0.305 e. The molecule has 1 atom stereocenters. The second-order valence-electron chi connectivity index (χ2n) is 6.48. The maximum absolute atomic E-state index is 11.8. The number of nitrogens with zero attached hydrogens (tertiary/aromatic N) is 2. The number of hydrogen-bond donors (Lipinski definition) is 2. The van der Waals surface area contributed by atoms with Crippen molar-refractivity contribution < 1.29 is 24.2 Å². The molecule has 2 aromatic rings. The summed E-state index contributed by atoms with van der Waals surface area (Å²) < 4.78 is 11.5. The van der Waals surface area contributed by atoms with E-state index in [4.69, 9.17) is 37.8 Å². The first kappa shape index (κ1) is 23.9. The van der Waals surface area contributed by atoms with Crippen LogP contribution in [-0.4, -0.2) is 40.2 Å². The van der Waals surface area contributed by atoms with Crippen LogP contribution in [0, 0.1) is 0 Å². The Bertz CT molecular complexity index is 1080. The van der Waals surface area contributed by atoms with Gasteiger partial charge in [-0.15, -0.1) is 5.10 Å². The van der Waals surface area contributed by atoms with Crippen molar-refractivity contribution in [2.45, 2.75) is 25.2 Å². The Morgan fingerprint density at radius 1 is 1.22 bits per heavy atom. The number of ether oxygens (including phenoxy) is 2. The van der Waals surface area contributed by atoms with Gasteiger partial charge in [0.2, 0.25) is 5.91 Å². The minimum absolute atomic E-state index is 0.221. The molecule has 11 heteroatoms. The van der Waals surface area contributed by atoms with Gasteiger partial charge in [-0.05, 0) is 19.1 Å². The quantitative estimate of drug-likeness (QED) is 0.394. The van der Waals surface area contributed by atoms with Crippen LogP contribution in [0.3, 0.4) is 0 Å². The van der Waals surface area contributed by atoms with Gasteiger partial charge in [-0.3, -0.25) is 9.59 Å². The fraction of sp³-hybridized carbons (Fsp3) is 0.238. The molecule has 3 rings (SSSR count). The lowest BCUT2D eigenvalue weighted by Crippen LogP contribution is -2.26. The summed E-state index contributed by atoms with van der Waals surface area (Å²) in [5, 5.41) is 19.7. The Balaban J connectivity index is 1.73. The van der Waals surface area contributed by atoms with Crippen molar-refractivity contribution in [3.8, 4) is 11.5 Å². The van der Waals surface area contributed by atoms with Crippen LogP contribution in [0.4, 0.5) is 0 Å². The van der Waals surface area contributed by atoms with Gasteiger partial charge in [0, 0.05) is 22.2 Å². The summed E-state index contributed by atoms with van der Waals surface area (Å²) in [6.07, 6.45) is 1.12. The van der Waals surface area contributed by atoms with Crippen LogP contribution in [0.25, 0.3) is 0 Å². The molecule has 0 aliphatic carbocycles. The van der Waals surface area contributed by atoms with Gasteiger partial charge < -0.3 is 19.9 Å². The molecule has 2 N–H and O–H groups in total. The molecule has 0 bridgehead atoms. The summed E-state index contributed by atoms with van der Waals surface area (Å²) in [5.74, 6) is -0.545. The predicted molar refractivity (Wildman–Crippen MR) is 125 cm³/mol. The summed E-state index contributed by atoms with van der Waals surface area (Å²) in [6.45, 7) is 2.50. The van der Waals surface area contributed by atoms with Crippen LogP contribution in [0.2, 0.25) is 10.0 Å². The minimum Gasteiger partial charge on any atom is -0.490 e. The maximum atomic E-state index is 11.8. The third kappa shape index (κ3) is 6.38. The fourth-order valence-corrected chi connectivity index (χ4v) is 4.00. The first-order chi connectivity index (χ1) is 15.4. The number of benzene rings is 2. The number of amides is 1. The normalized spacial score (nSPS) is 17.0. The number of carbonyl (C=O) groups is 2. The fourth-order valence-electron chi connectivity index (χ4n) is 2.69. The smallest absolute Gasteiger partial charge is 0.305 e. The third-order valence-corrected chi connectivity index (χ3v) is 5.95. The highest BCUT2D eigenvalue weighted by atomic mass is 35.5. The number of amidine groups is 1. The van der Waals surface area contributed by atoms with Gasteiger partial charge in [0.05, 0.1) is 24.3 Å². The van der Waals surface area contributed by atoms with E-state index in [2.05, 4.69) is 15.5 Å². The summed E-state index contributed by atoms with van der Waals surface area (Å²) in [7, 11) is 0. The van der Waals surface area contributed by atoms with Gasteiger partial charge in [-0.1, -0.05) is 53.2 Å². The number of aliphatic carboxylic acids is 1. The number of rotatable bonds is 9. The van der Waals surface area contributed by atoms with Gasteiger partial charge in [-0.2, -0.15) is 5.10 Å². The molecule has 2 aromatic carbocycles. The van der Waals surface area contributed by atoms with E-state index in [0.717, 1.165) is 17.3 Å². The van der Waals surface area contributed by atoms with E-state index in [1.54, 1.807) is 18.2 Å². The average molecular weight is 496 g/mol. The highest BCUT2D eigenvalue weighted by Gasteiger charge is 2.32. The van der Waals surface area contributed by atoms with E-state index in [1.165, 1.54) is 6.21 Å². The van der Waals surface area contributed by atoms with Crippen LogP contribution in [0.5, 0.6) is 11.5 Å². The molecule has 0 aromatic heterocycles. The monoisotopic (exact) mass is 495 g/mol. The van der Waals surface area contributed by atoms with Crippen LogP contribution < -0.4 is 14.8 Å². The molecular formula is C21H19Cl2N3O5S. The molecular weight excluding hydrogens is 477 g/mol. The molecule has 0 saturated carbocycles. The summed E-state index contributed by atoms with van der Waals surface area (Å²) in [5.41, 5.74) is 1.35. The molecule has 1 unspecified atom stereocenters. The van der Waals surface area contributed by atoms with E-state index < -0.39 is 17.1 Å². The van der Waals surface area contributed by atoms with Crippen molar-refractivity contribution in [3.05, 3.63) is 57.6 Å². The third-order valence-electron chi connectivity index (χ3n) is 4.19. The summed E-state index contributed by atoms with van der Waals surface area (Å²) >= 11 is 13.6. The molecule has 1 aliphatic rings. The van der Waals surface area contributed by atoms with Gasteiger partial charge in [0.25, 0.3) is 0 Å². The second kappa shape index (κ2) is 11.2. The van der Waals surface area contributed by atoms with Crippen LogP contribution in [-0.2, 0) is 16.2 Å². The zero-order valence-electron chi connectivity index (χ0n) is 16.9. The van der Waals surface area contributed by atoms with Crippen LogP contribution >= 0.6 is 35.0 Å². The van der Waals surface area contributed by atoms with Crippen molar-refractivity contribution >= 4 is 58.2 Å². The molecule has 0 spiro atoms. The zero-order chi connectivity index (χ0) is 23.1. The lowest BCUT2D eigenvalue weighted by atomic mass is 10.2. The van der Waals surface area contributed by atoms with Gasteiger partial charge in [-0.25, -0.2) is 0 Å². The Morgan fingerprint density at radius 2 is 1.97 bits per heavy atom. The van der Waals surface area contributed by atoms with Crippen molar-refractivity contribution in [3.63, 3.8) is 0 Å². The molecule has 1 amide bonds. The number of carboxylic acid groups (broad SMARTS) is 1. The Labute approximate surface area is 198 Å². The molecule has 1 fully saturated rings. The number of thioether (sulfide) groups is 1. The van der Waals surface area contributed by atoms with Crippen LogP contribution in [0.1, 0.15) is 24.5 Å². The lowest BCUT2D eigenvalue weighted by Gasteiger charge is -2.14. The second-order valence-corrected chi connectivity index (χ2v) is 8.48. The number of carbonyl (C=O) groups excluding carboxylic acids is 1. The van der Waals surface area contributed by atoms with E-state index in [1.807, 2.05) is 25.1 Å². The summed E-state index contributed by atoms with van der Waals surface area (Å²) in [6, 6.07) is 10.7. The van der Waals surface area contributed by atoms with E-state index in [-0.39, 0.29) is 18.2 Å². The minimum atomic E-state index is -1.06. The topological polar surface area (TPSA) is 110 Å². The Morgan fingerprint density at radius 3 is 2.69 bits per heavy atom. The largest absolute Gasteiger partial charge is 0.490 e. The highest BCUT2D eigenvalue weighted by Crippen LogP contribution is 2.34. The average Bonchev–Trinajstić information content (AvgIpc) is 3.08. The van der Waals surface area contributed by atoms with Crippen molar-refractivity contribution in [2.75, 3.05) is 6.61 Å². The molecule has 1 saturated heterocycles. The van der Waals surface area contributed by atoms with Gasteiger partial charge >= 0.3 is 5.97 Å². The number of hydrogen-bond acceptors (Lipinski definition) is 7. The number of halogens is 2. The molecule has 168 valence electrons. The molecule has 32 heavy (non-hydrogen) atoms. The lowest BCUT2D eigenvalue weighted by molar-refractivity contribution is -0.138. The van der Waals surface area contributed by atoms with Crippen molar-refractivity contribution in [1.82, 2.24) is 5.32 Å². The number of carboxylic acids is 1. The summed E-state index contributed by atoms with van der Waals surface area (Å²) in [4.78, 5) is 22.6. The van der Waals surface area contributed by atoms with E-state index >= 15 is 0 Å². The Kier molecular flexibility index (Phi) is 8.38. The molecule has 0 radical (unpaired) electrons.